The average molecular weight is 255 g/mol. The van der Waals surface area contributed by atoms with E-state index in [9.17, 15) is 9.59 Å². The number of rotatable bonds is 4. The number of nitrogens with zero attached hydrogens (tertiary/aromatic N) is 1. The monoisotopic (exact) mass is 255 g/mol. The van der Waals surface area contributed by atoms with Crippen molar-refractivity contribution >= 4 is 11.9 Å². The molecule has 3 N–H and O–H groups in total. The normalized spacial score (nSPS) is 23.1. The minimum atomic E-state index is -0.773. The molecule has 0 aromatic heterocycles. The van der Waals surface area contributed by atoms with E-state index in [1.54, 1.807) is 0 Å². The summed E-state index contributed by atoms with van der Waals surface area (Å²) in [4.78, 5) is 24.5. The zero-order chi connectivity index (χ0) is 13.5. The van der Waals surface area contributed by atoms with E-state index in [0.717, 1.165) is 31.8 Å². The number of nitrogens with one attached hydrogen (secondary N) is 1. The summed E-state index contributed by atoms with van der Waals surface area (Å²) in [7, 11) is 0. The van der Waals surface area contributed by atoms with Crippen LogP contribution in [0.2, 0.25) is 0 Å². The topological polar surface area (TPSA) is 75.4 Å². The van der Waals surface area contributed by atoms with Gasteiger partial charge in [0.25, 0.3) is 0 Å². The Bertz CT molecular complexity index is 294. The quantitative estimate of drug-likeness (QED) is 0.798. The van der Waals surface area contributed by atoms with Gasteiger partial charge in [0, 0.05) is 0 Å². The average Bonchev–Trinajstić information content (AvgIpc) is 2.53. The van der Waals surface area contributed by atoms with E-state index in [2.05, 4.69) is 17.1 Å². The lowest BCUT2D eigenvalue weighted by Crippen LogP contribution is -2.48. The number of hydrogen-bond acceptors (Lipinski definition) is 3. The van der Waals surface area contributed by atoms with Gasteiger partial charge in [-0.3, -0.25) is 15.0 Å². The van der Waals surface area contributed by atoms with Crippen LogP contribution in [0.15, 0.2) is 0 Å². The van der Waals surface area contributed by atoms with Crippen LogP contribution >= 0.6 is 0 Å². The lowest BCUT2D eigenvalue weighted by atomic mass is 9.96. The van der Waals surface area contributed by atoms with E-state index >= 15 is 0 Å². The third-order valence-electron chi connectivity index (χ3n) is 3.75. The zero-order valence-electron chi connectivity index (χ0n) is 11.4. The van der Waals surface area contributed by atoms with Gasteiger partial charge in [0.2, 0.25) is 5.91 Å². The SMILES string of the molecule is CCC[C@H]1CCCN([C@H](C)C(=O)NC(N)=O)CC1. The summed E-state index contributed by atoms with van der Waals surface area (Å²) < 4.78 is 0. The lowest BCUT2D eigenvalue weighted by molar-refractivity contribution is -0.124. The van der Waals surface area contributed by atoms with E-state index in [1.807, 2.05) is 6.92 Å². The predicted molar refractivity (Wildman–Crippen MR) is 71.0 cm³/mol. The standard InChI is InChI=1S/C13H25N3O2/c1-3-5-11-6-4-8-16(9-7-11)10(2)12(17)15-13(14)18/h10-11H,3-9H2,1-2H3,(H3,14,15,17,18)/t10-,11+/m1/s1. The summed E-state index contributed by atoms with van der Waals surface area (Å²) in [6, 6.07) is -1.05. The van der Waals surface area contributed by atoms with E-state index in [4.69, 9.17) is 5.73 Å². The molecule has 3 amide bonds. The maximum absolute atomic E-state index is 11.7. The Morgan fingerprint density at radius 3 is 2.72 bits per heavy atom. The highest BCUT2D eigenvalue weighted by molar-refractivity contribution is 5.96. The van der Waals surface area contributed by atoms with Gasteiger partial charge in [0.05, 0.1) is 6.04 Å². The van der Waals surface area contributed by atoms with E-state index in [0.29, 0.717) is 0 Å². The number of imide groups is 1. The van der Waals surface area contributed by atoms with Crippen LogP contribution in [-0.2, 0) is 4.79 Å². The van der Waals surface area contributed by atoms with Crippen LogP contribution in [0.1, 0.15) is 46.0 Å². The van der Waals surface area contributed by atoms with Gasteiger partial charge in [-0.25, -0.2) is 4.79 Å². The highest BCUT2D eigenvalue weighted by Crippen LogP contribution is 2.22. The zero-order valence-corrected chi connectivity index (χ0v) is 11.4. The second-order valence-corrected chi connectivity index (χ2v) is 5.15. The molecule has 0 unspecified atom stereocenters. The van der Waals surface area contributed by atoms with Gasteiger partial charge < -0.3 is 5.73 Å². The number of urea groups is 1. The van der Waals surface area contributed by atoms with E-state index < -0.39 is 6.03 Å². The van der Waals surface area contributed by atoms with Crippen LogP contribution in [-0.4, -0.2) is 36.0 Å². The van der Waals surface area contributed by atoms with Gasteiger partial charge in [-0.15, -0.1) is 0 Å². The molecular weight excluding hydrogens is 230 g/mol. The third kappa shape index (κ3) is 4.64. The number of carbonyl (C=O) groups excluding carboxylic acids is 2. The van der Waals surface area contributed by atoms with Crippen molar-refractivity contribution < 1.29 is 9.59 Å². The van der Waals surface area contributed by atoms with Crippen molar-refractivity contribution in [3.8, 4) is 0 Å². The van der Waals surface area contributed by atoms with Crippen LogP contribution in [0.5, 0.6) is 0 Å². The molecule has 5 heteroatoms. The smallest absolute Gasteiger partial charge is 0.318 e. The van der Waals surface area contributed by atoms with Crippen molar-refractivity contribution in [3.05, 3.63) is 0 Å². The number of amides is 3. The number of primary amides is 1. The largest absolute Gasteiger partial charge is 0.351 e. The molecule has 5 nitrogen and oxygen atoms in total. The van der Waals surface area contributed by atoms with Gasteiger partial charge in [-0.05, 0) is 45.2 Å². The molecule has 0 bridgehead atoms. The maximum Gasteiger partial charge on any atom is 0.318 e. The van der Waals surface area contributed by atoms with Crippen LogP contribution in [0.4, 0.5) is 4.79 Å². The summed E-state index contributed by atoms with van der Waals surface area (Å²) in [5, 5.41) is 2.15. The van der Waals surface area contributed by atoms with Crippen LogP contribution < -0.4 is 11.1 Å². The van der Waals surface area contributed by atoms with Crippen molar-refractivity contribution in [2.24, 2.45) is 11.7 Å². The van der Waals surface area contributed by atoms with Gasteiger partial charge in [0.15, 0.2) is 0 Å². The Kier molecular flexibility index (Phi) is 6.12. The Hall–Kier alpha value is -1.10. The molecule has 0 radical (unpaired) electrons. The van der Waals surface area contributed by atoms with Crippen molar-refractivity contribution in [2.75, 3.05) is 13.1 Å². The van der Waals surface area contributed by atoms with Crippen LogP contribution in [0, 0.1) is 5.92 Å². The van der Waals surface area contributed by atoms with Crippen molar-refractivity contribution in [2.45, 2.75) is 52.0 Å². The molecule has 1 aliphatic rings. The van der Waals surface area contributed by atoms with Crippen LogP contribution in [0.25, 0.3) is 0 Å². The lowest BCUT2D eigenvalue weighted by Gasteiger charge is -2.26. The van der Waals surface area contributed by atoms with Gasteiger partial charge in [0.1, 0.15) is 0 Å². The van der Waals surface area contributed by atoms with Gasteiger partial charge in [-0.1, -0.05) is 19.8 Å². The maximum atomic E-state index is 11.7. The van der Waals surface area contributed by atoms with Crippen molar-refractivity contribution in [1.82, 2.24) is 10.2 Å². The number of carbonyl (C=O) groups is 2. The molecular formula is C13H25N3O2. The highest BCUT2D eigenvalue weighted by Gasteiger charge is 2.25. The van der Waals surface area contributed by atoms with Crippen LogP contribution in [0.3, 0.4) is 0 Å². The fraction of sp³-hybridized carbons (Fsp3) is 0.846. The molecule has 0 aromatic carbocycles. The first-order valence-corrected chi connectivity index (χ1v) is 6.89. The minimum absolute atomic E-state index is 0.280. The molecule has 0 aromatic rings. The molecule has 0 aliphatic carbocycles. The molecule has 18 heavy (non-hydrogen) atoms. The Morgan fingerprint density at radius 1 is 1.39 bits per heavy atom. The Labute approximate surface area is 109 Å². The number of likely N-dealkylation sites (tertiary alicyclic amines) is 1. The molecule has 1 aliphatic heterocycles. The fourth-order valence-electron chi connectivity index (χ4n) is 2.66. The molecule has 104 valence electrons. The summed E-state index contributed by atoms with van der Waals surface area (Å²) in [5.41, 5.74) is 4.96. The molecule has 1 saturated heterocycles. The minimum Gasteiger partial charge on any atom is -0.351 e. The molecule has 1 fully saturated rings. The van der Waals surface area contributed by atoms with Gasteiger partial charge in [-0.2, -0.15) is 0 Å². The molecule has 0 spiro atoms. The summed E-state index contributed by atoms with van der Waals surface area (Å²) in [5.74, 6) is 0.489. The molecule has 1 rings (SSSR count). The number of hydrogen-bond donors (Lipinski definition) is 2. The van der Waals surface area contributed by atoms with E-state index in [-0.39, 0.29) is 11.9 Å². The third-order valence-corrected chi connectivity index (χ3v) is 3.75. The summed E-state index contributed by atoms with van der Waals surface area (Å²) >= 11 is 0. The Balaban J connectivity index is 2.46. The van der Waals surface area contributed by atoms with E-state index in [1.165, 1.54) is 19.3 Å². The van der Waals surface area contributed by atoms with Gasteiger partial charge >= 0.3 is 6.03 Å². The second kappa shape index (κ2) is 7.36. The molecule has 0 saturated carbocycles. The first-order valence-electron chi connectivity index (χ1n) is 6.89. The first kappa shape index (κ1) is 15.0. The number of nitrogens with two attached hydrogens (primary N) is 1. The van der Waals surface area contributed by atoms with Crippen molar-refractivity contribution in [3.63, 3.8) is 0 Å². The second-order valence-electron chi connectivity index (χ2n) is 5.15. The Morgan fingerprint density at radius 2 is 2.11 bits per heavy atom. The summed E-state index contributed by atoms with van der Waals surface area (Å²) in [6.07, 6.45) is 6.01. The highest BCUT2D eigenvalue weighted by atomic mass is 16.2. The fourth-order valence-corrected chi connectivity index (χ4v) is 2.66. The predicted octanol–water partition coefficient (Wildman–Crippen LogP) is 1.47. The molecule has 1 heterocycles. The molecule has 2 atom stereocenters. The van der Waals surface area contributed by atoms with Crippen molar-refractivity contribution in [1.29, 1.82) is 0 Å². The first-order chi connectivity index (χ1) is 8.54. The summed E-state index contributed by atoms with van der Waals surface area (Å²) in [6.45, 7) is 5.90.